The number of likely N-dealkylation sites (tertiary alicyclic amines) is 1. The van der Waals surface area contributed by atoms with Crippen molar-refractivity contribution in [2.75, 3.05) is 46.4 Å². The second-order valence-electron chi connectivity index (χ2n) is 6.85. The van der Waals surface area contributed by atoms with Crippen LogP contribution in [0.15, 0.2) is 24.3 Å². The summed E-state index contributed by atoms with van der Waals surface area (Å²) in [5.41, 5.74) is 1.40. The Morgan fingerprint density at radius 2 is 1.87 bits per heavy atom. The fourth-order valence-corrected chi connectivity index (χ4v) is 3.83. The minimum atomic E-state index is 0.751. The van der Waals surface area contributed by atoms with E-state index >= 15 is 0 Å². The summed E-state index contributed by atoms with van der Waals surface area (Å²) in [6, 6.07) is 9.33. The molecular formula is C19H31N3O. The van der Waals surface area contributed by atoms with E-state index in [1.807, 2.05) is 0 Å². The predicted molar refractivity (Wildman–Crippen MR) is 95.0 cm³/mol. The Morgan fingerprint density at radius 3 is 2.61 bits per heavy atom. The maximum atomic E-state index is 5.26. The molecule has 1 N–H and O–H groups in total. The number of hydrogen-bond donors (Lipinski definition) is 1. The molecule has 0 radical (unpaired) electrons. The maximum absolute atomic E-state index is 5.26. The highest BCUT2D eigenvalue weighted by Crippen LogP contribution is 2.23. The molecule has 0 amide bonds. The largest absolute Gasteiger partial charge is 0.497 e. The van der Waals surface area contributed by atoms with Crippen LogP contribution in [-0.2, 0) is 6.54 Å². The van der Waals surface area contributed by atoms with Crippen LogP contribution in [0.2, 0.25) is 0 Å². The van der Waals surface area contributed by atoms with Gasteiger partial charge in [0.1, 0.15) is 5.75 Å². The number of piperazine rings is 1. The molecule has 2 heterocycles. The summed E-state index contributed by atoms with van der Waals surface area (Å²) in [5.74, 6) is 0.947. The first kappa shape index (κ1) is 16.7. The van der Waals surface area contributed by atoms with Gasteiger partial charge in [-0.25, -0.2) is 0 Å². The van der Waals surface area contributed by atoms with Crippen molar-refractivity contribution in [1.82, 2.24) is 15.1 Å². The van der Waals surface area contributed by atoms with E-state index in [-0.39, 0.29) is 0 Å². The quantitative estimate of drug-likeness (QED) is 0.872. The second-order valence-corrected chi connectivity index (χ2v) is 6.85. The molecule has 2 fully saturated rings. The zero-order valence-electron chi connectivity index (χ0n) is 14.5. The van der Waals surface area contributed by atoms with Gasteiger partial charge in [-0.1, -0.05) is 18.6 Å². The lowest BCUT2D eigenvalue weighted by Gasteiger charge is -2.37. The maximum Gasteiger partial charge on any atom is 0.118 e. The van der Waals surface area contributed by atoms with Gasteiger partial charge in [-0.05, 0) is 50.0 Å². The van der Waals surface area contributed by atoms with Gasteiger partial charge in [0.25, 0.3) is 0 Å². The topological polar surface area (TPSA) is 27.7 Å². The van der Waals surface area contributed by atoms with Crippen molar-refractivity contribution < 1.29 is 4.74 Å². The standard InChI is InChI=1S/C19H31N3O/c1-23-19-7-5-17(6-8-19)16-22-12-3-2-4-18(22)9-13-21-14-10-20-11-15-21/h5-8,18,20H,2-4,9-16H2,1H3/t18-/m0/s1. The fraction of sp³-hybridized carbons (Fsp3) is 0.684. The molecule has 23 heavy (non-hydrogen) atoms. The number of benzene rings is 1. The van der Waals surface area contributed by atoms with Crippen LogP contribution in [0.25, 0.3) is 0 Å². The van der Waals surface area contributed by atoms with Crippen LogP contribution in [0, 0.1) is 0 Å². The Kier molecular flexibility index (Phi) is 6.31. The van der Waals surface area contributed by atoms with Crippen molar-refractivity contribution in [2.45, 2.75) is 38.3 Å². The van der Waals surface area contributed by atoms with E-state index in [4.69, 9.17) is 4.74 Å². The van der Waals surface area contributed by atoms with E-state index in [1.54, 1.807) is 7.11 Å². The summed E-state index contributed by atoms with van der Waals surface area (Å²) in [6.45, 7) is 8.32. The van der Waals surface area contributed by atoms with Crippen molar-refractivity contribution in [3.05, 3.63) is 29.8 Å². The highest BCUT2D eigenvalue weighted by molar-refractivity contribution is 5.27. The first-order chi connectivity index (χ1) is 11.3. The number of rotatable bonds is 6. The lowest BCUT2D eigenvalue weighted by molar-refractivity contribution is 0.115. The zero-order valence-corrected chi connectivity index (χ0v) is 14.5. The number of methoxy groups -OCH3 is 1. The van der Waals surface area contributed by atoms with E-state index in [0.29, 0.717) is 0 Å². The minimum Gasteiger partial charge on any atom is -0.497 e. The van der Waals surface area contributed by atoms with E-state index in [0.717, 1.165) is 31.4 Å². The zero-order chi connectivity index (χ0) is 15.9. The van der Waals surface area contributed by atoms with Gasteiger partial charge in [-0.15, -0.1) is 0 Å². The van der Waals surface area contributed by atoms with Crippen LogP contribution in [0.5, 0.6) is 5.75 Å². The molecule has 128 valence electrons. The van der Waals surface area contributed by atoms with E-state index in [2.05, 4.69) is 39.4 Å². The normalized spacial score (nSPS) is 23.8. The molecule has 0 unspecified atom stereocenters. The molecule has 2 aliphatic heterocycles. The first-order valence-corrected chi connectivity index (χ1v) is 9.15. The molecule has 1 aromatic rings. The third kappa shape index (κ3) is 4.93. The van der Waals surface area contributed by atoms with Crippen molar-refractivity contribution in [2.24, 2.45) is 0 Å². The number of nitrogens with one attached hydrogen (secondary N) is 1. The first-order valence-electron chi connectivity index (χ1n) is 9.15. The Labute approximate surface area is 140 Å². The van der Waals surface area contributed by atoms with Crippen LogP contribution in [-0.4, -0.2) is 62.2 Å². The number of piperidine rings is 1. The van der Waals surface area contributed by atoms with Crippen LogP contribution in [0.3, 0.4) is 0 Å². The Morgan fingerprint density at radius 1 is 1.09 bits per heavy atom. The molecule has 1 aromatic carbocycles. The van der Waals surface area contributed by atoms with Gasteiger partial charge in [0, 0.05) is 38.8 Å². The molecule has 1 atom stereocenters. The van der Waals surface area contributed by atoms with Crippen molar-refractivity contribution in [3.63, 3.8) is 0 Å². The average Bonchev–Trinajstić information content (AvgIpc) is 2.62. The van der Waals surface area contributed by atoms with Crippen molar-refractivity contribution >= 4 is 0 Å². The third-order valence-electron chi connectivity index (χ3n) is 5.28. The molecule has 2 aliphatic rings. The summed E-state index contributed by atoms with van der Waals surface area (Å²) in [7, 11) is 1.73. The molecule has 3 rings (SSSR count). The lowest BCUT2D eigenvalue weighted by atomic mass is 9.98. The van der Waals surface area contributed by atoms with Crippen LogP contribution >= 0.6 is 0 Å². The number of hydrogen-bond acceptors (Lipinski definition) is 4. The van der Waals surface area contributed by atoms with Crippen molar-refractivity contribution in [1.29, 1.82) is 0 Å². The Hall–Kier alpha value is -1.10. The van der Waals surface area contributed by atoms with Gasteiger partial charge >= 0.3 is 0 Å². The molecular weight excluding hydrogens is 286 g/mol. The lowest BCUT2D eigenvalue weighted by Crippen LogP contribution is -2.46. The fourth-order valence-electron chi connectivity index (χ4n) is 3.83. The van der Waals surface area contributed by atoms with E-state index < -0.39 is 0 Å². The molecule has 4 heteroatoms. The highest BCUT2D eigenvalue weighted by atomic mass is 16.5. The summed E-state index contributed by atoms with van der Waals surface area (Å²) < 4.78 is 5.26. The average molecular weight is 317 g/mol. The Balaban J connectivity index is 1.52. The van der Waals surface area contributed by atoms with Gasteiger partial charge in [0.2, 0.25) is 0 Å². The molecule has 4 nitrogen and oxygen atoms in total. The SMILES string of the molecule is COc1ccc(CN2CCCC[C@H]2CCN2CCNCC2)cc1. The second kappa shape index (κ2) is 8.67. The summed E-state index contributed by atoms with van der Waals surface area (Å²) in [6.07, 6.45) is 5.42. The van der Waals surface area contributed by atoms with E-state index in [9.17, 15) is 0 Å². The van der Waals surface area contributed by atoms with Gasteiger partial charge in [-0.2, -0.15) is 0 Å². The van der Waals surface area contributed by atoms with E-state index in [1.165, 1.54) is 57.4 Å². The summed E-state index contributed by atoms with van der Waals surface area (Å²) in [4.78, 5) is 5.32. The molecule has 2 saturated heterocycles. The number of ether oxygens (including phenoxy) is 1. The van der Waals surface area contributed by atoms with Crippen molar-refractivity contribution in [3.8, 4) is 5.75 Å². The van der Waals surface area contributed by atoms with Gasteiger partial charge in [0.05, 0.1) is 7.11 Å². The monoisotopic (exact) mass is 317 g/mol. The third-order valence-corrected chi connectivity index (χ3v) is 5.28. The number of nitrogens with zero attached hydrogens (tertiary/aromatic N) is 2. The van der Waals surface area contributed by atoms with Crippen LogP contribution in [0.1, 0.15) is 31.2 Å². The minimum absolute atomic E-state index is 0.751. The molecule has 0 aromatic heterocycles. The van der Waals surface area contributed by atoms with Gasteiger partial charge in [-0.3, -0.25) is 4.90 Å². The highest BCUT2D eigenvalue weighted by Gasteiger charge is 2.23. The predicted octanol–water partition coefficient (Wildman–Crippen LogP) is 2.34. The molecule has 0 spiro atoms. The molecule has 0 bridgehead atoms. The Bertz CT molecular complexity index is 456. The van der Waals surface area contributed by atoms with Crippen LogP contribution in [0.4, 0.5) is 0 Å². The summed E-state index contributed by atoms with van der Waals surface area (Å²) in [5, 5.41) is 3.44. The molecule has 0 aliphatic carbocycles. The molecule has 0 saturated carbocycles. The smallest absolute Gasteiger partial charge is 0.118 e. The van der Waals surface area contributed by atoms with Crippen LogP contribution < -0.4 is 10.1 Å². The van der Waals surface area contributed by atoms with Gasteiger partial charge in [0.15, 0.2) is 0 Å². The summed E-state index contributed by atoms with van der Waals surface area (Å²) >= 11 is 0. The van der Waals surface area contributed by atoms with Gasteiger partial charge < -0.3 is 15.0 Å².